The van der Waals surface area contributed by atoms with Gasteiger partial charge in [-0.25, -0.2) is 0 Å². The molecule has 0 aliphatic carbocycles. The van der Waals surface area contributed by atoms with E-state index in [1.807, 2.05) is 6.07 Å². The van der Waals surface area contributed by atoms with Crippen molar-refractivity contribution in [2.45, 2.75) is 23.3 Å². The molecule has 23 heavy (non-hydrogen) atoms. The normalized spacial score (nSPS) is 10.3. The van der Waals surface area contributed by atoms with Crippen LogP contribution in [-0.4, -0.2) is 22.6 Å². The maximum atomic E-state index is 12.4. The summed E-state index contributed by atoms with van der Waals surface area (Å²) in [4.78, 5) is 35.4. The third-order valence-corrected chi connectivity index (χ3v) is 4.15. The number of rotatable bonds is 5. The highest BCUT2D eigenvalue weighted by Crippen LogP contribution is 2.33. The zero-order valence-corrected chi connectivity index (χ0v) is 13.3. The molecule has 0 bridgehead atoms. The molecule has 2 aromatic rings. The molecular weight excluding hydrogens is 320 g/mol. The molecule has 0 unspecified atom stereocenters. The van der Waals surface area contributed by atoms with E-state index >= 15 is 0 Å². The zero-order chi connectivity index (χ0) is 17.0. The van der Waals surface area contributed by atoms with Crippen LogP contribution in [0.4, 0.5) is 5.69 Å². The van der Waals surface area contributed by atoms with E-state index in [-0.39, 0.29) is 11.4 Å². The molecule has 0 aliphatic rings. The lowest BCUT2D eigenvalue weighted by Crippen LogP contribution is -2.28. The number of carbonyl (C=O) groups is 1. The Hall–Kier alpha value is -2.61. The van der Waals surface area contributed by atoms with Crippen molar-refractivity contribution in [1.82, 2.24) is 4.57 Å². The fraction of sp³-hybridized carbons (Fsp3) is 0.200. The summed E-state index contributed by atoms with van der Waals surface area (Å²) < 4.78 is 5.56. The van der Waals surface area contributed by atoms with Crippen molar-refractivity contribution in [3.63, 3.8) is 0 Å². The van der Waals surface area contributed by atoms with E-state index in [2.05, 4.69) is 4.74 Å². The fourth-order valence-corrected chi connectivity index (χ4v) is 3.02. The number of hydrogen-bond acceptors (Lipinski definition) is 6. The predicted molar refractivity (Wildman–Crippen MR) is 84.7 cm³/mol. The lowest BCUT2D eigenvalue weighted by atomic mass is 10.3. The summed E-state index contributed by atoms with van der Waals surface area (Å²) in [7, 11) is 1.19. The Bertz CT molecular complexity index is 802. The molecule has 0 amide bonds. The average molecular weight is 334 g/mol. The molecule has 0 N–H and O–H groups in total. The Labute approximate surface area is 136 Å². The zero-order valence-electron chi connectivity index (χ0n) is 12.5. The van der Waals surface area contributed by atoms with Gasteiger partial charge in [-0.05, 0) is 25.1 Å². The van der Waals surface area contributed by atoms with E-state index in [1.54, 1.807) is 31.2 Å². The number of aryl methyl sites for hydroxylation is 1. The number of ether oxygens (including phenoxy) is 1. The Balaban J connectivity index is 2.54. The highest BCUT2D eigenvalue weighted by atomic mass is 32.2. The third kappa shape index (κ3) is 3.78. The van der Waals surface area contributed by atoms with Crippen molar-refractivity contribution in [3.05, 3.63) is 62.6 Å². The first kappa shape index (κ1) is 16.8. The molecule has 0 saturated carbocycles. The van der Waals surface area contributed by atoms with E-state index in [1.165, 1.54) is 13.2 Å². The van der Waals surface area contributed by atoms with Crippen LogP contribution < -0.4 is 5.56 Å². The first-order valence-electron chi connectivity index (χ1n) is 6.62. The summed E-state index contributed by atoms with van der Waals surface area (Å²) in [5.74, 6) is -0.645. The summed E-state index contributed by atoms with van der Waals surface area (Å²) in [5, 5.41) is 11.3. The van der Waals surface area contributed by atoms with Gasteiger partial charge in [0.1, 0.15) is 6.54 Å². The number of methoxy groups -OCH3 is 1. The number of nitrogens with zero attached hydrogens (tertiary/aromatic N) is 2. The highest BCUT2D eigenvalue weighted by Gasteiger charge is 2.24. The van der Waals surface area contributed by atoms with Crippen molar-refractivity contribution in [3.8, 4) is 0 Å². The van der Waals surface area contributed by atoms with Gasteiger partial charge in [0.25, 0.3) is 0 Å². The molecule has 0 atom stereocenters. The molecule has 120 valence electrons. The largest absolute Gasteiger partial charge is 0.468 e. The molecule has 7 nitrogen and oxygen atoms in total. The van der Waals surface area contributed by atoms with E-state index in [4.69, 9.17) is 0 Å². The highest BCUT2D eigenvalue weighted by molar-refractivity contribution is 7.99. The average Bonchev–Trinajstić information content (AvgIpc) is 2.51. The molecule has 0 spiro atoms. The summed E-state index contributed by atoms with van der Waals surface area (Å²) in [6, 6.07) is 10.6. The first-order chi connectivity index (χ1) is 10.9. The van der Waals surface area contributed by atoms with Crippen LogP contribution in [0.1, 0.15) is 5.69 Å². The minimum absolute atomic E-state index is 0.241. The van der Waals surface area contributed by atoms with E-state index in [0.717, 1.165) is 21.2 Å². The molecule has 8 heteroatoms. The summed E-state index contributed by atoms with van der Waals surface area (Å²) in [5.41, 5.74) is -0.920. The van der Waals surface area contributed by atoms with Crippen molar-refractivity contribution in [2.24, 2.45) is 0 Å². The van der Waals surface area contributed by atoms with Crippen LogP contribution in [0.5, 0.6) is 0 Å². The lowest BCUT2D eigenvalue weighted by molar-refractivity contribution is -0.389. The van der Waals surface area contributed by atoms with Gasteiger partial charge in [-0.2, -0.15) is 0 Å². The standard InChI is InChI=1S/C15H14N2O5S/c1-10-8-12(23-11-6-4-3-5-7-11)14(17(20)21)15(19)16(10)9-13(18)22-2/h3-8H,9H2,1-2H3. The van der Waals surface area contributed by atoms with Gasteiger partial charge >= 0.3 is 17.2 Å². The van der Waals surface area contributed by atoms with Gasteiger partial charge < -0.3 is 4.74 Å². The third-order valence-electron chi connectivity index (χ3n) is 3.12. The Morgan fingerprint density at radius 3 is 2.57 bits per heavy atom. The van der Waals surface area contributed by atoms with E-state index < -0.39 is 22.1 Å². The number of benzene rings is 1. The second-order valence-corrected chi connectivity index (χ2v) is 5.75. The number of nitro groups is 1. The fourth-order valence-electron chi connectivity index (χ4n) is 1.98. The molecule has 0 saturated heterocycles. The van der Waals surface area contributed by atoms with E-state index in [9.17, 15) is 19.7 Å². The number of carbonyl (C=O) groups excluding carboxylic acids is 1. The van der Waals surface area contributed by atoms with Gasteiger partial charge in [0, 0.05) is 10.6 Å². The Morgan fingerprint density at radius 2 is 2.00 bits per heavy atom. The molecular formula is C15H14N2O5S. The topological polar surface area (TPSA) is 91.4 Å². The molecule has 0 radical (unpaired) electrons. The minimum atomic E-state index is -0.821. The van der Waals surface area contributed by atoms with Gasteiger partial charge in [0.15, 0.2) is 0 Å². The van der Waals surface area contributed by atoms with Crippen molar-refractivity contribution in [1.29, 1.82) is 0 Å². The van der Waals surface area contributed by atoms with Gasteiger partial charge in [-0.15, -0.1) is 0 Å². The summed E-state index contributed by atoms with van der Waals surface area (Å²) >= 11 is 1.13. The van der Waals surface area contributed by atoms with Crippen LogP contribution in [0, 0.1) is 17.0 Å². The van der Waals surface area contributed by atoms with Crippen LogP contribution in [0.3, 0.4) is 0 Å². The monoisotopic (exact) mass is 334 g/mol. The number of pyridine rings is 1. The van der Waals surface area contributed by atoms with Gasteiger partial charge in [-0.3, -0.25) is 24.3 Å². The molecule has 2 rings (SSSR count). The molecule has 0 aliphatic heterocycles. The number of hydrogen-bond donors (Lipinski definition) is 0. The van der Waals surface area contributed by atoms with Crippen LogP contribution in [0.25, 0.3) is 0 Å². The second kappa shape index (κ2) is 7.10. The SMILES string of the molecule is COC(=O)Cn1c(C)cc(Sc2ccccc2)c([N+](=O)[O-])c1=O. The number of esters is 1. The van der Waals surface area contributed by atoms with Crippen molar-refractivity contribution in [2.75, 3.05) is 7.11 Å². The first-order valence-corrected chi connectivity index (χ1v) is 7.44. The Kier molecular flexibility index (Phi) is 5.17. The van der Waals surface area contributed by atoms with Gasteiger partial charge in [0.05, 0.1) is 16.9 Å². The summed E-state index contributed by atoms with van der Waals surface area (Å²) in [6.45, 7) is 1.25. The lowest BCUT2D eigenvalue weighted by Gasteiger charge is -2.11. The van der Waals surface area contributed by atoms with Crippen LogP contribution in [0.15, 0.2) is 51.0 Å². The van der Waals surface area contributed by atoms with Crippen LogP contribution in [0.2, 0.25) is 0 Å². The molecule has 1 heterocycles. The summed E-state index contributed by atoms with van der Waals surface area (Å²) in [6.07, 6.45) is 0. The van der Waals surface area contributed by atoms with Crippen LogP contribution in [-0.2, 0) is 16.1 Å². The van der Waals surface area contributed by atoms with Crippen molar-refractivity contribution < 1.29 is 14.5 Å². The maximum Gasteiger partial charge on any atom is 0.347 e. The molecule has 0 fully saturated rings. The van der Waals surface area contributed by atoms with Crippen molar-refractivity contribution >= 4 is 23.4 Å². The smallest absolute Gasteiger partial charge is 0.347 e. The van der Waals surface area contributed by atoms with Gasteiger partial charge in [-0.1, -0.05) is 30.0 Å². The molecule has 1 aromatic heterocycles. The second-order valence-electron chi connectivity index (χ2n) is 4.64. The van der Waals surface area contributed by atoms with Gasteiger partial charge in [0.2, 0.25) is 0 Å². The van der Waals surface area contributed by atoms with Crippen LogP contribution >= 0.6 is 11.8 Å². The maximum absolute atomic E-state index is 12.4. The van der Waals surface area contributed by atoms with E-state index in [0.29, 0.717) is 5.69 Å². The Morgan fingerprint density at radius 1 is 1.35 bits per heavy atom. The molecule has 1 aromatic carbocycles. The number of aromatic nitrogens is 1. The predicted octanol–water partition coefficient (Wildman–Crippen LogP) is 2.39. The minimum Gasteiger partial charge on any atom is -0.468 e. The quantitative estimate of drug-likeness (QED) is 0.474.